The highest BCUT2D eigenvalue weighted by Crippen LogP contribution is 2.25. The molecule has 0 radical (unpaired) electrons. The standard InChI is InChI=1S/C14H21N3S/c1-11(18-13-6-4-3-5-7-13)10-16-14(15)17(2)12-8-9-12/h3-7,11-12H,8-10H2,1-2H3,(H2,15,16). The first-order valence-corrected chi connectivity index (χ1v) is 7.29. The Morgan fingerprint density at radius 1 is 1.44 bits per heavy atom. The van der Waals surface area contributed by atoms with E-state index in [0.717, 1.165) is 6.54 Å². The van der Waals surface area contributed by atoms with Gasteiger partial charge >= 0.3 is 0 Å². The van der Waals surface area contributed by atoms with Crippen LogP contribution in [0, 0.1) is 0 Å². The number of benzene rings is 1. The summed E-state index contributed by atoms with van der Waals surface area (Å²) in [4.78, 5) is 7.86. The fourth-order valence-electron chi connectivity index (χ4n) is 1.75. The Balaban J connectivity index is 1.80. The quantitative estimate of drug-likeness (QED) is 0.504. The summed E-state index contributed by atoms with van der Waals surface area (Å²) >= 11 is 1.84. The van der Waals surface area contributed by atoms with Crippen molar-refractivity contribution in [1.29, 1.82) is 0 Å². The number of hydrogen-bond donors (Lipinski definition) is 1. The number of hydrogen-bond acceptors (Lipinski definition) is 2. The molecule has 1 aliphatic carbocycles. The molecular weight excluding hydrogens is 242 g/mol. The fourth-order valence-corrected chi connectivity index (χ4v) is 2.68. The van der Waals surface area contributed by atoms with Gasteiger partial charge in [-0.25, -0.2) is 0 Å². The first-order valence-electron chi connectivity index (χ1n) is 6.41. The minimum absolute atomic E-state index is 0.443. The van der Waals surface area contributed by atoms with Crippen molar-refractivity contribution in [2.24, 2.45) is 10.7 Å². The van der Waals surface area contributed by atoms with Gasteiger partial charge in [-0.1, -0.05) is 25.1 Å². The minimum atomic E-state index is 0.443. The number of nitrogens with zero attached hydrogens (tertiary/aromatic N) is 2. The van der Waals surface area contributed by atoms with E-state index in [2.05, 4.69) is 41.1 Å². The Hall–Kier alpha value is -1.16. The number of rotatable bonds is 5. The van der Waals surface area contributed by atoms with Gasteiger partial charge in [0.05, 0.1) is 6.54 Å². The Bertz CT molecular complexity index is 401. The average molecular weight is 263 g/mol. The Kier molecular flexibility index (Phi) is 4.53. The SMILES string of the molecule is CC(CN=C(N)N(C)C1CC1)Sc1ccccc1. The van der Waals surface area contributed by atoms with Gasteiger partial charge in [-0.2, -0.15) is 0 Å². The number of thioether (sulfide) groups is 1. The van der Waals surface area contributed by atoms with Gasteiger partial charge in [0, 0.05) is 23.2 Å². The lowest BCUT2D eigenvalue weighted by atomic mass is 10.4. The summed E-state index contributed by atoms with van der Waals surface area (Å²) in [5.74, 6) is 0.679. The van der Waals surface area contributed by atoms with E-state index in [-0.39, 0.29) is 0 Å². The maximum atomic E-state index is 5.97. The average Bonchev–Trinajstić information content (AvgIpc) is 3.20. The van der Waals surface area contributed by atoms with Crippen LogP contribution in [0.25, 0.3) is 0 Å². The zero-order valence-electron chi connectivity index (χ0n) is 11.0. The number of nitrogens with two attached hydrogens (primary N) is 1. The lowest BCUT2D eigenvalue weighted by molar-refractivity contribution is 0.487. The predicted molar refractivity (Wildman–Crippen MR) is 79.0 cm³/mol. The second-order valence-corrected chi connectivity index (χ2v) is 6.29. The molecule has 0 saturated heterocycles. The van der Waals surface area contributed by atoms with Gasteiger partial charge in [-0.15, -0.1) is 11.8 Å². The first kappa shape index (κ1) is 13.3. The van der Waals surface area contributed by atoms with Crippen LogP contribution in [0.3, 0.4) is 0 Å². The van der Waals surface area contributed by atoms with Crippen LogP contribution in [0.2, 0.25) is 0 Å². The molecule has 0 spiro atoms. The molecule has 1 atom stereocenters. The van der Waals surface area contributed by atoms with Crippen molar-refractivity contribution < 1.29 is 0 Å². The molecule has 2 N–H and O–H groups in total. The van der Waals surface area contributed by atoms with Crippen LogP contribution in [0.1, 0.15) is 19.8 Å². The normalized spacial score (nSPS) is 17.6. The molecule has 1 aromatic carbocycles. The van der Waals surface area contributed by atoms with E-state index in [9.17, 15) is 0 Å². The van der Waals surface area contributed by atoms with Crippen LogP contribution in [-0.4, -0.2) is 35.7 Å². The van der Waals surface area contributed by atoms with Crippen LogP contribution in [0.5, 0.6) is 0 Å². The molecule has 1 aromatic rings. The maximum Gasteiger partial charge on any atom is 0.191 e. The van der Waals surface area contributed by atoms with Crippen molar-refractivity contribution in [3.8, 4) is 0 Å². The smallest absolute Gasteiger partial charge is 0.191 e. The van der Waals surface area contributed by atoms with Crippen LogP contribution < -0.4 is 5.73 Å². The maximum absolute atomic E-state index is 5.97. The van der Waals surface area contributed by atoms with Crippen LogP contribution in [0.4, 0.5) is 0 Å². The summed E-state index contributed by atoms with van der Waals surface area (Å²) in [6, 6.07) is 11.1. The molecule has 0 aliphatic heterocycles. The molecule has 3 nitrogen and oxygen atoms in total. The number of guanidine groups is 1. The van der Waals surface area contributed by atoms with Crippen molar-refractivity contribution >= 4 is 17.7 Å². The third-order valence-electron chi connectivity index (χ3n) is 3.05. The number of aliphatic imine (C=N–C) groups is 1. The van der Waals surface area contributed by atoms with Gasteiger partial charge in [0.1, 0.15) is 0 Å². The summed E-state index contributed by atoms with van der Waals surface area (Å²) in [6.45, 7) is 2.95. The van der Waals surface area contributed by atoms with E-state index in [1.165, 1.54) is 17.7 Å². The molecule has 1 aliphatic rings. The molecular formula is C14H21N3S. The molecule has 98 valence electrons. The molecule has 0 bridgehead atoms. The summed E-state index contributed by atoms with van der Waals surface area (Å²) in [7, 11) is 2.03. The Labute approximate surface area is 113 Å². The van der Waals surface area contributed by atoms with Gasteiger partial charge < -0.3 is 10.6 Å². The highest BCUT2D eigenvalue weighted by molar-refractivity contribution is 8.00. The van der Waals surface area contributed by atoms with E-state index in [1.807, 2.05) is 24.9 Å². The highest BCUT2D eigenvalue weighted by atomic mass is 32.2. The summed E-state index contributed by atoms with van der Waals surface area (Å²) in [5, 5.41) is 0.443. The fraction of sp³-hybridized carbons (Fsp3) is 0.500. The molecule has 1 fully saturated rings. The van der Waals surface area contributed by atoms with Gasteiger partial charge in [0.2, 0.25) is 0 Å². The van der Waals surface area contributed by atoms with Crippen molar-refractivity contribution in [2.45, 2.75) is 36.0 Å². The lowest BCUT2D eigenvalue weighted by Crippen LogP contribution is -2.36. The van der Waals surface area contributed by atoms with E-state index in [1.54, 1.807) is 0 Å². The lowest BCUT2D eigenvalue weighted by Gasteiger charge is -2.17. The second kappa shape index (κ2) is 6.14. The first-order chi connectivity index (χ1) is 8.66. The highest BCUT2D eigenvalue weighted by Gasteiger charge is 2.27. The molecule has 2 rings (SSSR count). The predicted octanol–water partition coefficient (Wildman–Crippen LogP) is 2.58. The van der Waals surface area contributed by atoms with Crippen LogP contribution >= 0.6 is 11.8 Å². The molecule has 18 heavy (non-hydrogen) atoms. The van der Waals surface area contributed by atoms with E-state index >= 15 is 0 Å². The second-order valence-electron chi connectivity index (χ2n) is 4.78. The van der Waals surface area contributed by atoms with Crippen LogP contribution in [-0.2, 0) is 0 Å². The van der Waals surface area contributed by atoms with Gasteiger partial charge in [-0.3, -0.25) is 4.99 Å². The van der Waals surface area contributed by atoms with Crippen molar-refractivity contribution in [3.63, 3.8) is 0 Å². The molecule has 0 aromatic heterocycles. The topological polar surface area (TPSA) is 41.6 Å². The third kappa shape index (κ3) is 3.95. The molecule has 1 unspecified atom stereocenters. The summed E-state index contributed by atoms with van der Waals surface area (Å²) < 4.78 is 0. The molecule has 0 heterocycles. The van der Waals surface area contributed by atoms with Gasteiger partial charge in [-0.05, 0) is 25.0 Å². The minimum Gasteiger partial charge on any atom is -0.370 e. The zero-order chi connectivity index (χ0) is 13.0. The monoisotopic (exact) mass is 263 g/mol. The summed E-state index contributed by atoms with van der Waals surface area (Å²) in [6.07, 6.45) is 2.50. The Morgan fingerprint density at radius 2 is 2.11 bits per heavy atom. The third-order valence-corrected chi connectivity index (χ3v) is 4.14. The van der Waals surface area contributed by atoms with E-state index in [0.29, 0.717) is 17.3 Å². The summed E-state index contributed by atoms with van der Waals surface area (Å²) in [5.41, 5.74) is 5.97. The zero-order valence-corrected chi connectivity index (χ0v) is 11.9. The van der Waals surface area contributed by atoms with E-state index in [4.69, 9.17) is 5.73 Å². The van der Waals surface area contributed by atoms with Crippen molar-refractivity contribution in [2.75, 3.05) is 13.6 Å². The van der Waals surface area contributed by atoms with Gasteiger partial charge in [0.15, 0.2) is 5.96 Å². The Morgan fingerprint density at radius 3 is 2.72 bits per heavy atom. The molecule has 4 heteroatoms. The largest absolute Gasteiger partial charge is 0.370 e. The molecule has 1 saturated carbocycles. The van der Waals surface area contributed by atoms with Gasteiger partial charge in [0.25, 0.3) is 0 Å². The van der Waals surface area contributed by atoms with Crippen molar-refractivity contribution in [3.05, 3.63) is 30.3 Å². The van der Waals surface area contributed by atoms with Crippen LogP contribution in [0.15, 0.2) is 40.2 Å². The van der Waals surface area contributed by atoms with Crippen molar-refractivity contribution in [1.82, 2.24) is 4.90 Å². The van der Waals surface area contributed by atoms with E-state index < -0.39 is 0 Å². The molecule has 0 amide bonds.